The molecule has 3 nitrogen and oxygen atoms in total. The van der Waals surface area contributed by atoms with E-state index in [1.807, 2.05) is 0 Å². The predicted molar refractivity (Wildman–Crippen MR) is 62.6 cm³/mol. The fourth-order valence-electron chi connectivity index (χ4n) is 1.19. The van der Waals surface area contributed by atoms with Gasteiger partial charge in [0.2, 0.25) is 0 Å². The maximum Gasteiger partial charge on any atom is 0.307 e. The van der Waals surface area contributed by atoms with E-state index in [0.717, 1.165) is 10.0 Å². The monoisotopic (exact) mass is 289 g/mol. The molecular weight excluding hydrogens is 277 g/mol. The maximum absolute atomic E-state index is 12.9. The zero-order chi connectivity index (χ0) is 12.1. The molecule has 0 amide bonds. The van der Waals surface area contributed by atoms with Crippen molar-refractivity contribution in [2.24, 2.45) is 5.92 Å². The van der Waals surface area contributed by atoms with E-state index in [-0.39, 0.29) is 5.82 Å². The highest BCUT2D eigenvalue weighted by Gasteiger charge is 2.10. The summed E-state index contributed by atoms with van der Waals surface area (Å²) in [5.74, 6) is -1.59. The smallest absolute Gasteiger partial charge is 0.307 e. The average molecular weight is 290 g/mol. The van der Waals surface area contributed by atoms with Gasteiger partial charge in [0.15, 0.2) is 0 Å². The number of rotatable bonds is 5. The molecule has 16 heavy (non-hydrogen) atoms. The first-order valence-electron chi connectivity index (χ1n) is 4.88. The van der Waals surface area contributed by atoms with Crippen LogP contribution in [0, 0.1) is 11.7 Å². The van der Waals surface area contributed by atoms with E-state index < -0.39 is 11.9 Å². The highest BCUT2D eigenvalue weighted by molar-refractivity contribution is 9.10. The molecule has 0 heterocycles. The molecule has 0 saturated heterocycles. The van der Waals surface area contributed by atoms with Crippen molar-refractivity contribution in [3.05, 3.63) is 34.1 Å². The number of halogens is 2. The lowest BCUT2D eigenvalue weighted by Gasteiger charge is -2.09. The van der Waals surface area contributed by atoms with E-state index >= 15 is 0 Å². The van der Waals surface area contributed by atoms with E-state index in [2.05, 4.69) is 21.2 Å². The summed E-state index contributed by atoms with van der Waals surface area (Å²) in [6.45, 7) is 2.42. The Labute approximate surface area is 102 Å². The van der Waals surface area contributed by atoms with Crippen LogP contribution in [0.3, 0.4) is 0 Å². The van der Waals surface area contributed by atoms with Crippen LogP contribution in [0.25, 0.3) is 0 Å². The SMILES string of the molecule is CC(CNCc1cc(F)ccc1Br)C(=O)O. The molecule has 0 radical (unpaired) electrons. The molecule has 1 unspecified atom stereocenters. The third-order valence-electron chi connectivity index (χ3n) is 2.20. The number of carboxylic acid groups (broad SMARTS) is 1. The number of hydrogen-bond acceptors (Lipinski definition) is 2. The van der Waals surface area contributed by atoms with Crippen molar-refractivity contribution in [2.75, 3.05) is 6.54 Å². The van der Waals surface area contributed by atoms with Gasteiger partial charge in [-0.2, -0.15) is 0 Å². The Morgan fingerprint density at radius 1 is 1.62 bits per heavy atom. The van der Waals surface area contributed by atoms with Crippen LogP contribution >= 0.6 is 15.9 Å². The van der Waals surface area contributed by atoms with E-state index in [1.165, 1.54) is 12.1 Å². The van der Waals surface area contributed by atoms with Gasteiger partial charge < -0.3 is 10.4 Å². The van der Waals surface area contributed by atoms with E-state index in [9.17, 15) is 9.18 Å². The van der Waals surface area contributed by atoms with Gasteiger partial charge >= 0.3 is 5.97 Å². The van der Waals surface area contributed by atoms with Crippen molar-refractivity contribution >= 4 is 21.9 Å². The number of hydrogen-bond donors (Lipinski definition) is 2. The maximum atomic E-state index is 12.9. The molecule has 1 rings (SSSR count). The zero-order valence-corrected chi connectivity index (χ0v) is 10.4. The van der Waals surface area contributed by atoms with Gasteiger partial charge in [-0.1, -0.05) is 22.9 Å². The number of nitrogens with one attached hydrogen (secondary N) is 1. The molecule has 0 spiro atoms. The summed E-state index contributed by atoms with van der Waals surface area (Å²) in [7, 11) is 0. The first kappa shape index (κ1) is 13.1. The molecule has 0 aliphatic heterocycles. The summed E-state index contributed by atoms with van der Waals surface area (Å²) < 4.78 is 13.7. The minimum absolute atomic E-state index is 0.300. The van der Waals surface area contributed by atoms with Gasteiger partial charge in [-0.3, -0.25) is 4.79 Å². The third-order valence-corrected chi connectivity index (χ3v) is 2.97. The largest absolute Gasteiger partial charge is 0.481 e. The average Bonchev–Trinajstić information content (AvgIpc) is 2.22. The Hall–Kier alpha value is -0.940. The first-order chi connectivity index (χ1) is 7.50. The standard InChI is InChI=1S/C11H13BrFNO2/c1-7(11(15)16)5-14-6-8-4-9(13)2-3-10(8)12/h2-4,7,14H,5-6H2,1H3,(H,15,16). The minimum Gasteiger partial charge on any atom is -0.481 e. The molecule has 5 heteroatoms. The molecular formula is C11H13BrFNO2. The van der Waals surface area contributed by atoms with Gasteiger partial charge in [-0.25, -0.2) is 4.39 Å². The summed E-state index contributed by atoms with van der Waals surface area (Å²) in [5, 5.41) is 11.6. The summed E-state index contributed by atoms with van der Waals surface area (Å²) in [5.41, 5.74) is 0.776. The Balaban J connectivity index is 2.48. The Bertz CT molecular complexity index is 384. The van der Waals surface area contributed by atoms with Crippen LogP contribution in [0.2, 0.25) is 0 Å². The van der Waals surface area contributed by atoms with Gasteiger partial charge in [0.1, 0.15) is 5.82 Å². The second-order valence-corrected chi connectivity index (χ2v) is 4.46. The topological polar surface area (TPSA) is 49.3 Å². The Morgan fingerprint density at radius 3 is 2.94 bits per heavy atom. The van der Waals surface area contributed by atoms with Crippen molar-refractivity contribution in [3.8, 4) is 0 Å². The van der Waals surface area contributed by atoms with Gasteiger partial charge in [0.25, 0.3) is 0 Å². The van der Waals surface area contributed by atoms with Crippen LogP contribution in [0.4, 0.5) is 4.39 Å². The fraction of sp³-hybridized carbons (Fsp3) is 0.364. The van der Waals surface area contributed by atoms with Crippen LogP contribution in [0.1, 0.15) is 12.5 Å². The lowest BCUT2D eigenvalue weighted by atomic mass is 10.1. The third kappa shape index (κ3) is 3.90. The summed E-state index contributed by atoms with van der Waals surface area (Å²) >= 11 is 3.30. The molecule has 0 saturated carbocycles. The van der Waals surface area contributed by atoms with Crippen molar-refractivity contribution in [1.82, 2.24) is 5.32 Å². The predicted octanol–water partition coefficient (Wildman–Crippen LogP) is 2.40. The first-order valence-corrected chi connectivity index (χ1v) is 5.67. The molecule has 0 aliphatic rings. The van der Waals surface area contributed by atoms with E-state index in [0.29, 0.717) is 13.1 Å². The van der Waals surface area contributed by atoms with Crippen molar-refractivity contribution in [3.63, 3.8) is 0 Å². The lowest BCUT2D eigenvalue weighted by molar-refractivity contribution is -0.140. The van der Waals surface area contributed by atoms with Gasteiger partial charge in [0.05, 0.1) is 5.92 Å². The normalized spacial score (nSPS) is 12.4. The fourth-order valence-corrected chi connectivity index (χ4v) is 1.58. The number of carbonyl (C=O) groups is 1. The Morgan fingerprint density at radius 2 is 2.31 bits per heavy atom. The molecule has 1 aromatic carbocycles. The highest BCUT2D eigenvalue weighted by atomic mass is 79.9. The van der Waals surface area contributed by atoms with Crippen LogP contribution in [0.5, 0.6) is 0 Å². The van der Waals surface area contributed by atoms with Crippen molar-refractivity contribution < 1.29 is 14.3 Å². The molecule has 1 atom stereocenters. The molecule has 0 fully saturated rings. The number of carboxylic acids is 1. The second-order valence-electron chi connectivity index (χ2n) is 3.61. The van der Waals surface area contributed by atoms with Crippen molar-refractivity contribution in [1.29, 1.82) is 0 Å². The van der Waals surface area contributed by atoms with E-state index in [4.69, 9.17) is 5.11 Å². The molecule has 1 aromatic rings. The molecule has 0 bridgehead atoms. The number of benzene rings is 1. The minimum atomic E-state index is -0.842. The molecule has 2 N–H and O–H groups in total. The van der Waals surface area contributed by atoms with Crippen LogP contribution in [0.15, 0.2) is 22.7 Å². The Kier molecular flexibility index (Phi) is 4.89. The van der Waals surface area contributed by atoms with Gasteiger partial charge in [0, 0.05) is 17.6 Å². The second kappa shape index (κ2) is 5.96. The van der Waals surface area contributed by atoms with Gasteiger partial charge in [-0.15, -0.1) is 0 Å². The van der Waals surface area contributed by atoms with Crippen LogP contribution in [-0.2, 0) is 11.3 Å². The molecule has 0 aliphatic carbocycles. The molecule has 88 valence electrons. The zero-order valence-electron chi connectivity index (χ0n) is 8.84. The summed E-state index contributed by atoms with van der Waals surface area (Å²) in [6.07, 6.45) is 0. The van der Waals surface area contributed by atoms with Crippen molar-refractivity contribution in [2.45, 2.75) is 13.5 Å². The van der Waals surface area contributed by atoms with E-state index in [1.54, 1.807) is 13.0 Å². The van der Waals surface area contributed by atoms with Gasteiger partial charge in [-0.05, 0) is 23.8 Å². The highest BCUT2D eigenvalue weighted by Crippen LogP contribution is 2.17. The van der Waals surface area contributed by atoms with Crippen LogP contribution in [-0.4, -0.2) is 17.6 Å². The van der Waals surface area contributed by atoms with Crippen LogP contribution < -0.4 is 5.32 Å². The quantitative estimate of drug-likeness (QED) is 0.875. The number of aliphatic carboxylic acids is 1. The summed E-state index contributed by atoms with van der Waals surface area (Å²) in [6, 6.07) is 4.42. The molecule has 0 aromatic heterocycles. The summed E-state index contributed by atoms with van der Waals surface area (Å²) in [4.78, 5) is 10.6. The lowest BCUT2D eigenvalue weighted by Crippen LogP contribution is -2.26.